The Balaban J connectivity index is 1.23. The van der Waals surface area contributed by atoms with Crippen LogP contribution >= 0.6 is 0 Å². The Kier molecular flexibility index (Phi) is 7.08. The molecule has 0 aliphatic carbocycles. The Bertz CT molecular complexity index is 1270. The molecule has 2 fully saturated rings. The maximum Gasteiger partial charge on any atom is 0.266 e. The predicted molar refractivity (Wildman–Crippen MR) is 143 cm³/mol. The van der Waals surface area contributed by atoms with Crippen molar-refractivity contribution in [3.05, 3.63) is 101 Å². The van der Waals surface area contributed by atoms with E-state index in [4.69, 9.17) is 9.47 Å². The zero-order valence-electron chi connectivity index (χ0n) is 21.3. The number of amides is 2. The number of ether oxygens (including phenoxy) is 2. The number of benzene rings is 3. The smallest absolute Gasteiger partial charge is 0.266 e. The van der Waals surface area contributed by atoms with Crippen LogP contribution in [0.1, 0.15) is 75.5 Å². The fourth-order valence-electron chi connectivity index (χ4n) is 5.67. The average molecular weight is 513 g/mol. The van der Waals surface area contributed by atoms with Gasteiger partial charge in [0, 0.05) is 18.5 Å². The summed E-state index contributed by atoms with van der Waals surface area (Å²) in [6.07, 6.45) is 3.76. The third kappa shape index (κ3) is 4.90. The number of carbonyl (C=O) groups is 2. The first kappa shape index (κ1) is 24.9. The van der Waals surface area contributed by atoms with Crippen molar-refractivity contribution in [2.75, 3.05) is 24.5 Å². The summed E-state index contributed by atoms with van der Waals surface area (Å²) in [5.41, 5.74) is 4.14. The third-order valence-corrected chi connectivity index (χ3v) is 7.74. The van der Waals surface area contributed by atoms with Crippen molar-refractivity contribution in [3.8, 4) is 0 Å². The molecule has 2 saturated heterocycles. The normalized spacial score (nSPS) is 24.0. The van der Waals surface area contributed by atoms with E-state index >= 15 is 0 Å². The molecule has 1 N–H and O–H groups in total. The van der Waals surface area contributed by atoms with E-state index in [0.717, 1.165) is 42.7 Å². The first-order valence-electron chi connectivity index (χ1n) is 13.4. The van der Waals surface area contributed by atoms with E-state index in [1.54, 1.807) is 36.4 Å². The molecule has 196 valence electrons. The van der Waals surface area contributed by atoms with Gasteiger partial charge in [-0.1, -0.05) is 55.0 Å². The van der Waals surface area contributed by atoms with Gasteiger partial charge in [0.1, 0.15) is 0 Å². The third-order valence-electron chi connectivity index (χ3n) is 7.74. The number of aliphatic hydroxyl groups excluding tert-OH is 1. The van der Waals surface area contributed by atoms with Gasteiger partial charge in [-0.3, -0.25) is 9.59 Å². The van der Waals surface area contributed by atoms with E-state index in [9.17, 15) is 14.7 Å². The van der Waals surface area contributed by atoms with Gasteiger partial charge in [-0.15, -0.1) is 0 Å². The van der Waals surface area contributed by atoms with E-state index in [2.05, 4.69) is 4.90 Å². The lowest BCUT2D eigenvalue weighted by Gasteiger charge is -2.39. The molecule has 7 heteroatoms. The summed E-state index contributed by atoms with van der Waals surface area (Å²) < 4.78 is 12.9. The molecule has 7 nitrogen and oxygen atoms in total. The van der Waals surface area contributed by atoms with Gasteiger partial charge in [0.25, 0.3) is 11.8 Å². The summed E-state index contributed by atoms with van der Waals surface area (Å²) in [7, 11) is 0. The van der Waals surface area contributed by atoms with Gasteiger partial charge in [-0.05, 0) is 61.3 Å². The molecule has 38 heavy (non-hydrogen) atoms. The standard InChI is InChI=1S/C31H32N2O5/c34-20-21-8-10-22(11-9-21)28-18-25(19-32-16-4-1-5-17-32)37-31(38-28)23-12-14-24(15-13-23)33-29(35)26-6-2-3-7-27(26)30(33)36/h2-3,6-15,25,28,31,34H,1,4-5,16-20H2. The van der Waals surface area contributed by atoms with Gasteiger partial charge in [0.05, 0.1) is 35.6 Å². The number of nitrogens with zero attached hydrogens (tertiary/aromatic N) is 2. The predicted octanol–water partition coefficient (Wildman–Crippen LogP) is 5.01. The lowest BCUT2D eigenvalue weighted by atomic mass is 9.99. The SMILES string of the molecule is O=C1c2ccccc2C(=O)N1c1ccc(C2OC(CN3CCCCC3)CC(c3ccc(CO)cc3)O2)cc1. The number of carbonyl (C=O) groups excluding carboxylic acids is 2. The second-order valence-electron chi connectivity index (χ2n) is 10.3. The summed E-state index contributed by atoms with van der Waals surface area (Å²) in [5.74, 6) is -0.618. The van der Waals surface area contributed by atoms with E-state index in [-0.39, 0.29) is 30.6 Å². The van der Waals surface area contributed by atoms with Gasteiger partial charge in [-0.2, -0.15) is 0 Å². The number of hydrogen-bond donors (Lipinski definition) is 1. The van der Waals surface area contributed by atoms with E-state index in [1.165, 1.54) is 24.2 Å². The highest BCUT2D eigenvalue weighted by Crippen LogP contribution is 2.39. The first-order valence-corrected chi connectivity index (χ1v) is 13.4. The van der Waals surface area contributed by atoms with Crippen molar-refractivity contribution < 1.29 is 24.2 Å². The molecule has 2 amide bonds. The van der Waals surface area contributed by atoms with E-state index < -0.39 is 6.29 Å². The van der Waals surface area contributed by atoms with Gasteiger partial charge in [0.15, 0.2) is 6.29 Å². The quantitative estimate of drug-likeness (QED) is 0.468. The second kappa shape index (κ2) is 10.8. The van der Waals surface area contributed by atoms with Crippen LogP contribution in [0, 0.1) is 0 Å². The Morgan fingerprint density at radius 2 is 1.39 bits per heavy atom. The number of aliphatic hydroxyl groups is 1. The van der Waals surface area contributed by atoms with Crippen LogP contribution in [-0.4, -0.2) is 47.6 Å². The zero-order valence-corrected chi connectivity index (χ0v) is 21.3. The summed E-state index contributed by atoms with van der Waals surface area (Å²) in [6.45, 7) is 3.05. The topological polar surface area (TPSA) is 79.3 Å². The van der Waals surface area contributed by atoms with Crippen molar-refractivity contribution in [1.82, 2.24) is 4.90 Å². The van der Waals surface area contributed by atoms with Crippen LogP contribution in [0.15, 0.2) is 72.8 Å². The molecule has 3 aromatic carbocycles. The fraction of sp³-hybridized carbons (Fsp3) is 0.355. The lowest BCUT2D eigenvalue weighted by molar-refractivity contribution is -0.253. The molecule has 3 aromatic rings. The Hall–Kier alpha value is -3.36. The van der Waals surface area contributed by atoms with Gasteiger partial charge in [-0.25, -0.2) is 4.90 Å². The second-order valence-corrected chi connectivity index (χ2v) is 10.3. The van der Waals surface area contributed by atoms with Crippen molar-refractivity contribution in [2.24, 2.45) is 0 Å². The number of anilines is 1. The molecule has 3 unspecified atom stereocenters. The van der Waals surface area contributed by atoms with Crippen LogP contribution < -0.4 is 4.90 Å². The van der Waals surface area contributed by atoms with Crippen LogP contribution in [0.2, 0.25) is 0 Å². The minimum absolute atomic E-state index is 0.00489. The molecular formula is C31H32N2O5. The molecule has 3 aliphatic rings. The monoisotopic (exact) mass is 512 g/mol. The lowest BCUT2D eigenvalue weighted by Crippen LogP contribution is -2.41. The summed E-state index contributed by atoms with van der Waals surface area (Å²) in [6, 6.07) is 22.1. The maximum atomic E-state index is 12.9. The van der Waals surface area contributed by atoms with Gasteiger partial charge < -0.3 is 19.5 Å². The Morgan fingerprint density at radius 3 is 2.03 bits per heavy atom. The summed E-state index contributed by atoms with van der Waals surface area (Å²) in [5, 5.41) is 9.44. The van der Waals surface area contributed by atoms with Crippen LogP contribution in [0.4, 0.5) is 5.69 Å². The van der Waals surface area contributed by atoms with Crippen molar-refractivity contribution in [2.45, 2.75) is 50.8 Å². The van der Waals surface area contributed by atoms with E-state index in [1.807, 2.05) is 36.4 Å². The van der Waals surface area contributed by atoms with Gasteiger partial charge >= 0.3 is 0 Å². The van der Waals surface area contributed by atoms with Gasteiger partial charge in [0.2, 0.25) is 0 Å². The number of piperidine rings is 1. The Morgan fingerprint density at radius 1 is 0.763 bits per heavy atom. The zero-order chi connectivity index (χ0) is 26.1. The summed E-state index contributed by atoms with van der Waals surface area (Å²) >= 11 is 0. The molecule has 6 rings (SSSR count). The molecule has 0 aromatic heterocycles. The number of rotatable bonds is 6. The van der Waals surface area contributed by atoms with Crippen molar-refractivity contribution in [1.29, 1.82) is 0 Å². The molecular weight excluding hydrogens is 480 g/mol. The highest BCUT2D eigenvalue weighted by molar-refractivity contribution is 6.34. The molecule has 0 saturated carbocycles. The average Bonchev–Trinajstić information content (AvgIpc) is 3.23. The summed E-state index contributed by atoms with van der Waals surface area (Å²) in [4.78, 5) is 29.5. The van der Waals surface area contributed by atoms with E-state index in [0.29, 0.717) is 16.8 Å². The minimum atomic E-state index is -0.572. The minimum Gasteiger partial charge on any atom is -0.392 e. The Labute approximate surface area is 222 Å². The van der Waals surface area contributed by atoms with Crippen LogP contribution in [0.5, 0.6) is 0 Å². The maximum absolute atomic E-state index is 12.9. The first-order chi connectivity index (χ1) is 18.6. The van der Waals surface area contributed by atoms with Crippen molar-refractivity contribution >= 4 is 17.5 Å². The fourth-order valence-corrected chi connectivity index (χ4v) is 5.67. The number of likely N-dealkylation sites (tertiary alicyclic amines) is 1. The largest absolute Gasteiger partial charge is 0.392 e. The number of hydrogen-bond acceptors (Lipinski definition) is 6. The number of imide groups is 1. The molecule has 0 bridgehead atoms. The molecule has 3 atom stereocenters. The van der Waals surface area contributed by atoms with Crippen LogP contribution in [0.25, 0.3) is 0 Å². The van der Waals surface area contributed by atoms with Crippen LogP contribution in [0.3, 0.4) is 0 Å². The molecule has 3 heterocycles. The number of fused-ring (bicyclic) bond motifs is 1. The molecule has 0 radical (unpaired) electrons. The highest BCUT2D eigenvalue weighted by atomic mass is 16.7. The highest BCUT2D eigenvalue weighted by Gasteiger charge is 2.37. The molecule has 0 spiro atoms. The molecule has 3 aliphatic heterocycles. The van der Waals surface area contributed by atoms with Crippen LogP contribution in [-0.2, 0) is 16.1 Å². The van der Waals surface area contributed by atoms with Crippen molar-refractivity contribution in [3.63, 3.8) is 0 Å².